The van der Waals surface area contributed by atoms with E-state index in [9.17, 15) is 24.3 Å². The third-order valence-electron chi connectivity index (χ3n) is 13.6. The van der Waals surface area contributed by atoms with Crippen molar-refractivity contribution in [2.24, 2.45) is 24.8 Å². The highest BCUT2D eigenvalue weighted by Gasteiger charge is 2.44. The van der Waals surface area contributed by atoms with Crippen molar-refractivity contribution in [2.45, 2.75) is 95.8 Å². The van der Waals surface area contributed by atoms with Crippen LogP contribution in [-0.2, 0) is 45.7 Å². The van der Waals surface area contributed by atoms with Crippen molar-refractivity contribution in [3.05, 3.63) is 99.7 Å². The second-order valence-electron chi connectivity index (χ2n) is 18.4. The molecule has 4 fully saturated rings. The van der Waals surface area contributed by atoms with Crippen LogP contribution in [0.15, 0.2) is 66.9 Å². The van der Waals surface area contributed by atoms with Crippen LogP contribution in [0.5, 0.6) is 11.5 Å². The van der Waals surface area contributed by atoms with Crippen molar-refractivity contribution in [3.8, 4) is 22.8 Å². The van der Waals surface area contributed by atoms with E-state index in [2.05, 4.69) is 19.8 Å². The standard InChI is InChI=1S/C49H57Cl2FN6O6/c1-31-43(60)21-36(29-59)47(62)54-49(25-33-8-12-37(50)13-9-33)16-5-19-57(30-49)48(63)35(20-32-6-7-32)22-46(61)58(31)27-40-41(52)23-38(51)24-44(40)64-39-14-10-34(11-15-39)42-26-53-45(55(42)2)28-56-17-3-4-18-56/h8-15,23-24,26,31-32,35-36,59H,3-7,16-22,25,27-30H2,1-2H3,(H,54,62)/t31-,35+,36-,49+/m0/s1. The summed E-state index contributed by atoms with van der Waals surface area (Å²) in [5.41, 5.74) is 1.87. The van der Waals surface area contributed by atoms with Crippen molar-refractivity contribution in [1.82, 2.24) is 29.6 Å². The minimum atomic E-state index is -1.16. The van der Waals surface area contributed by atoms with Gasteiger partial charge >= 0.3 is 0 Å². The molecule has 2 N–H and O–H groups in total. The van der Waals surface area contributed by atoms with E-state index in [-0.39, 0.29) is 54.1 Å². The van der Waals surface area contributed by atoms with Gasteiger partial charge in [0, 0.05) is 60.1 Å². The Kier molecular flexibility index (Phi) is 14.1. The average Bonchev–Trinajstić information content (AvgIpc) is 3.80. The van der Waals surface area contributed by atoms with Crippen LogP contribution < -0.4 is 10.1 Å². The highest BCUT2D eigenvalue weighted by atomic mass is 35.5. The van der Waals surface area contributed by atoms with E-state index < -0.39 is 53.4 Å². The molecule has 15 heteroatoms. The van der Waals surface area contributed by atoms with Gasteiger partial charge in [0.25, 0.3) is 0 Å². The molecule has 3 aromatic carbocycles. The van der Waals surface area contributed by atoms with E-state index in [0.717, 1.165) is 61.2 Å². The summed E-state index contributed by atoms with van der Waals surface area (Å²) in [4.78, 5) is 67.9. The molecule has 2 bridgehead atoms. The molecule has 4 aliphatic rings. The van der Waals surface area contributed by atoms with Gasteiger partial charge in [-0.05, 0) is 119 Å². The molecule has 8 rings (SSSR count). The first-order chi connectivity index (χ1) is 30.8. The molecule has 0 spiro atoms. The summed E-state index contributed by atoms with van der Waals surface area (Å²) >= 11 is 12.6. The molecule has 3 aliphatic heterocycles. The molecule has 1 saturated carbocycles. The van der Waals surface area contributed by atoms with Crippen molar-refractivity contribution in [2.75, 3.05) is 32.8 Å². The molecule has 3 saturated heterocycles. The topological polar surface area (TPSA) is 137 Å². The van der Waals surface area contributed by atoms with Gasteiger partial charge in [-0.2, -0.15) is 0 Å². The number of hydrogen-bond donors (Lipinski definition) is 2. The highest BCUT2D eigenvalue weighted by molar-refractivity contribution is 6.31. The molecule has 3 amide bonds. The number of piperidine rings is 1. The number of nitrogens with zero attached hydrogens (tertiary/aromatic N) is 5. The number of amides is 3. The Morgan fingerprint density at radius 2 is 1.64 bits per heavy atom. The number of ketones is 1. The number of Topliss-reactive ketones (excluding diaryl/α,β-unsaturated/α-hetero) is 1. The maximum absolute atomic E-state index is 16.2. The number of aliphatic hydroxyl groups excluding tert-OH is 1. The summed E-state index contributed by atoms with van der Waals surface area (Å²) in [7, 11) is 2.00. The number of halogens is 3. The lowest BCUT2D eigenvalue weighted by Gasteiger charge is -2.45. The number of aromatic nitrogens is 2. The second kappa shape index (κ2) is 19.7. The zero-order valence-electron chi connectivity index (χ0n) is 36.5. The predicted octanol–water partition coefficient (Wildman–Crippen LogP) is 7.75. The molecule has 1 aromatic heterocycles. The number of rotatable bonds is 12. The predicted molar refractivity (Wildman–Crippen MR) is 242 cm³/mol. The van der Waals surface area contributed by atoms with E-state index in [4.69, 9.17) is 27.9 Å². The Labute approximate surface area is 384 Å². The average molecular weight is 916 g/mol. The largest absolute Gasteiger partial charge is 0.457 e. The van der Waals surface area contributed by atoms with Crippen LogP contribution in [0.2, 0.25) is 10.0 Å². The lowest BCUT2D eigenvalue weighted by Crippen LogP contribution is -2.63. The van der Waals surface area contributed by atoms with Gasteiger partial charge in [0.15, 0.2) is 5.78 Å². The third-order valence-corrected chi connectivity index (χ3v) is 14.1. The molecule has 12 nitrogen and oxygen atoms in total. The molecule has 4 atom stereocenters. The molecule has 4 aromatic rings. The molecule has 1 aliphatic carbocycles. The quantitative estimate of drug-likeness (QED) is 0.147. The van der Waals surface area contributed by atoms with E-state index >= 15 is 4.39 Å². The molecule has 340 valence electrons. The zero-order valence-corrected chi connectivity index (χ0v) is 38.1. The number of carbonyl (C=O) groups is 4. The van der Waals surface area contributed by atoms with E-state index in [0.29, 0.717) is 43.0 Å². The number of hydrogen-bond acceptors (Lipinski definition) is 8. The maximum Gasteiger partial charge on any atom is 0.226 e. The summed E-state index contributed by atoms with van der Waals surface area (Å²) in [6.07, 6.45) is 7.66. The van der Waals surface area contributed by atoms with Crippen LogP contribution in [0.1, 0.15) is 81.7 Å². The summed E-state index contributed by atoms with van der Waals surface area (Å²) in [5.74, 6) is -2.57. The van der Waals surface area contributed by atoms with Gasteiger partial charge in [0.1, 0.15) is 23.1 Å². The Morgan fingerprint density at radius 1 is 0.906 bits per heavy atom. The fourth-order valence-corrected chi connectivity index (χ4v) is 9.99. The lowest BCUT2D eigenvalue weighted by atomic mass is 9.81. The Morgan fingerprint density at radius 3 is 2.34 bits per heavy atom. The Hall–Kier alpha value is -4.82. The van der Waals surface area contributed by atoms with Gasteiger partial charge < -0.3 is 29.5 Å². The molecular formula is C49H57Cl2FN6O6. The molecule has 0 unspecified atom stereocenters. The second-order valence-corrected chi connectivity index (χ2v) is 19.2. The van der Waals surface area contributed by atoms with E-state index in [1.54, 1.807) is 36.1 Å². The van der Waals surface area contributed by atoms with Crippen molar-refractivity contribution < 1.29 is 33.4 Å². The van der Waals surface area contributed by atoms with Gasteiger partial charge in [0.2, 0.25) is 17.7 Å². The van der Waals surface area contributed by atoms with Gasteiger partial charge in [-0.3, -0.25) is 24.1 Å². The summed E-state index contributed by atoms with van der Waals surface area (Å²) in [6, 6.07) is 16.1. The van der Waals surface area contributed by atoms with Crippen molar-refractivity contribution in [3.63, 3.8) is 0 Å². The van der Waals surface area contributed by atoms with Gasteiger partial charge in [0.05, 0.1) is 49.1 Å². The van der Waals surface area contributed by atoms with Crippen LogP contribution in [0.3, 0.4) is 0 Å². The fourth-order valence-electron chi connectivity index (χ4n) is 9.67. The smallest absolute Gasteiger partial charge is 0.226 e. The van der Waals surface area contributed by atoms with E-state index in [1.807, 2.05) is 37.5 Å². The Bertz CT molecular complexity index is 2350. The maximum atomic E-state index is 16.2. The van der Waals surface area contributed by atoms with Crippen molar-refractivity contribution >= 4 is 46.7 Å². The first kappa shape index (κ1) is 45.7. The number of likely N-dealkylation sites (tertiary alicyclic amines) is 1. The molecule has 0 radical (unpaired) electrons. The fraction of sp³-hybridized carbons (Fsp3) is 0.490. The van der Waals surface area contributed by atoms with Crippen LogP contribution in [0, 0.1) is 23.6 Å². The van der Waals surface area contributed by atoms with Gasteiger partial charge in [-0.15, -0.1) is 0 Å². The number of imidazole rings is 1. The first-order valence-electron chi connectivity index (χ1n) is 22.6. The third kappa shape index (κ3) is 10.6. The molecule has 4 heterocycles. The summed E-state index contributed by atoms with van der Waals surface area (Å²) in [5, 5.41) is 14.4. The SMILES string of the molecule is C[C@H]1C(=O)C[C@@H](CO)C(=O)N[C@@]2(Cc3ccc(Cl)cc3)CCCN(C2)C(=O)[C@H](CC2CC2)CC(=O)N1Cc1c(F)cc(Cl)cc1Oc1ccc(-c2cnc(CN3CCCC3)n2C)cc1. The van der Waals surface area contributed by atoms with Crippen LogP contribution in [0.4, 0.5) is 4.39 Å². The highest BCUT2D eigenvalue weighted by Crippen LogP contribution is 2.39. The number of carbonyl (C=O) groups excluding carboxylic acids is 4. The number of benzene rings is 3. The number of ether oxygens (including phenoxy) is 1. The number of aliphatic hydroxyl groups is 1. The van der Waals surface area contributed by atoms with Gasteiger partial charge in [-0.25, -0.2) is 9.37 Å². The number of fused-ring (bicyclic) bond motifs is 2. The minimum absolute atomic E-state index is 0.00897. The number of nitrogens with one attached hydrogen (secondary N) is 1. The normalized spacial score (nSPS) is 23.9. The summed E-state index contributed by atoms with van der Waals surface area (Å²) < 4.78 is 24.6. The van der Waals surface area contributed by atoms with E-state index in [1.165, 1.54) is 23.8 Å². The van der Waals surface area contributed by atoms with Crippen LogP contribution >= 0.6 is 23.2 Å². The van der Waals surface area contributed by atoms with Crippen LogP contribution in [0.25, 0.3) is 11.3 Å². The lowest BCUT2D eigenvalue weighted by molar-refractivity contribution is -0.148. The molecular weight excluding hydrogens is 858 g/mol. The van der Waals surface area contributed by atoms with Crippen LogP contribution in [-0.4, -0.2) is 97.2 Å². The zero-order chi connectivity index (χ0) is 45.1. The van der Waals surface area contributed by atoms with Crippen molar-refractivity contribution in [1.29, 1.82) is 0 Å². The monoisotopic (exact) mass is 914 g/mol. The summed E-state index contributed by atoms with van der Waals surface area (Å²) in [6.45, 7) is 4.10. The molecule has 64 heavy (non-hydrogen) atoms. The Balaban J connectivity index is 1.07. The first-order valence-corrected chi connectivity index (χ1v) is 23.3. The minimum Gasteiger partial charge on any atom is -0.457 e. The van der Waals surface area contributed by atoms with Gasteiger partial charge in [-0.1, -0.05) is 48.2 Å².